The lowest BCUT2D eigenvalue weighted by Crippen LogP contribution is -2.22. The number of nitrogens with zero attached hydrogens (tertiary/aromatic N) is 5. The molecule has 0 aliphatic heterocycles. The van der Waals surface area contributed by atoms with Crippen LogP contribution in [0.25, 0.3) is 10.4 Å². The van der Waals surface area contributed by atoms with E-state index in [0.717, 1.165) is 11.1 Å². The van der Waals surface area contributed by atoms with E-state index in [0.29, 0.717) is 19.5 Å². The molecular formula is C11H14N6. The van der Waals surface area contributed by atoms with Gasteiger partial charge in [-0.25, -0.2) is 0 Å². The Morgan fingerprint density at radius 2 is 2.53 bits per heavy atom. The van der Waals surface area contributed by atoms with Crippen LogP contribution in [-0.2, 0) is 0 Å². The van der Waals surface area contributed by atoms with Gasteiger partial charge in [0.2, 0.25) is 0 Å². The molecule has 0 fully saturated rings. The molecule has 1 aromatic heterocycles. The van der Waals surface area contributed by atoms with Gasteiger partial charge < -0.3 is 0 Å². The fourth-order valence-corrected chi connectivity index (χ4v) is 1.44. The number of azide groups is 1. The van der Waals surface area contributed by atoms with Gasteiger partial charge in [-0.1, -0.05) is 5.11 Å². The van der Waals surface area contributed by atoms with Gasteiger partial charge in [-0.15, -0.1) is 0 Å². The van der Waals surface area contributed by atoms with Gasteiger partial charge in [-0.05, 0) is 37.1 Å². The van der Waals surface area contributed by atoms with E-state index in [-0.39, 0.29) is 6.04 Å². The predicted octanol–water partition coefficient (Wildman–Crippen LogP) is 2.24. The molecule has 88 valence electrons. The zero-order valence-corrected chi connectivity index (χ0v) is 9.67. The summed E-state index contributed by atoms with van der Waals surface area (Å²) in [6.07, 6.45) is 4.11. The number of hydrogen-bond acceptors (Lipinski definition) is 4. The molecule has 1 N–H and O–H groups in total. The van der Waals surface area contributed by atoms with Crippen molar-refractivity contribution in [1.29, 1.82) is 5.26 Å². The topological polar surface area (TPSA) is 97.5 Å². The van der Waals surface area contributed by atoms with Crippen LogP contribution in [0.4, 0.5) is 0 Å². The molecule has 1 heterocycles. The molecule has 1 unspecified atom stereocenters. The second kappa shape index (κ2) is 7.23. The van der Waals surface area contributed by atoms with Crippen LogP contribution in [0.15, 0.2) is 23.6 Å². The van der Waals surface area contributed by atoms with Crippen molar-refractivity contribution in [2.75, 3.05) is 13.1 Å². The first-order valence-corrected chi connectivity index (χ1v) is 5.34. The zero-order chi connectivity index (χ0) is 12.5. The molecule has 0 amide bonds. The fraction of sp³-hybridized carbons (Fsp3) is 0.455. The number of rotatable bonds is 6. The Hall–Kier alpha value is -2.09. The van der Waals surface area contributed by atoms with Crippen LogP contribution in [-0.4, -0.2) is 18.1 Å². The Morgan fingerprint density at radius 1 is 1.71 bits per heavy atom. The van der Waals surface area contributed by atoms with Gasteiger partial charge in [0.15, 0.2) is 0 Å². The second-order valence-electron chi connectivity index (χ2n) is 3.56. The second-order valence-corrected chi connectivity index (χ2v) is 3.56. The molecule has 0 saturated heterocycles. The number of aromatic nitrogens is 1. The molecule has 0 aliphatic rings. The molecule has 1 rings (SSSR count). The average Bonchev–Trinajstić information content (AvgIpc) is 2.35. The highest BCUT2D eigenvalue weighted by atomic mass is 15.1. The zero-order valence-electron chi connectivity index (χ0n) is 9.67. The summed E-state index contributed by atoms with van der Waals surface area (Å²) < 4.78 is 0. The van der Waals surface area contributed by atoms with Crippen LogP contribution < -0.4 is 5.32 Å². The van der Waals surface area contributed by atoms with Gasteiger partial charge in [0, 0.05) is 29.4 Å². The smallest absolute Gasteiger partial charge is 0.123 e. The molecule has 0 bridgehead atoms. The Kier molecular flexibility index (Phi) is 5.52. The van der Waals surface area contributed by atoms with Crippen LogP contribution in [0.5, 0.6) is 0 Å². The van der Waals surface area contributed by atoms with E-state index in [1.165, 1.54) is 0 Å². The highest BCUT2D eigenvalue weighted by molar-refractivity contribution is 5.28. The van der Waals surface area contributed by atoms with Crippen molar-refractivity contribution >= 4 is 0 Å². The summed E-state index contributed by atoms with van der Waals surface area (Å²) >= 11 is 0. The number of nitriles is 1. The number of pyridine rings is 1. The molecule has 0 aromatic carbocycles. The van der Waals surface area contributed by atoms with Crippen molar-refractivity contribution in [3.8, 4) is 6.07 Å². The molecule has 0 saturated carbocycles. The first kappa shape index (κ1) is 13.0. The van der Waals surface area contributed by atoms with Crippen molar-refractivity contribution in [1.82, 2.24) is 10.3 Å². The minimum Gasteiger partial charge on any atom is -0.298 e. The SMILES string of the molecule is Cc1ccncc1C(C#N)NCCCN=[N+]=[N-]. The molecule has 0 radical (unpaired) electrons. The third-order valence-electron chi connectivity index (χ3n) is 2.37. The Morgan fingerprint density at radius 3 is 3.18 bits per heavy atom. The fourth-order valence-electron chi connectivity index (χ4n) is 1.44. The van der Waals surface area contributed by atoms with Gasteiger partial charge in [-0.2, -0.15) is 5.26 Å². The molecule has 17 heavy (non-hydrogen) atoms. The molecule has 6 heteroatoms. The summed E-state index contributed by atoms with van der Waals surface area (Å²) in [4.78, 5) is 6.68. The van der Waals surface area contributed by atoms with E-state index in [1.54, 1.807) is 12.4 Å². The molecular weight excluding hydrogens is 216 g/mol. The van der Waals surface area contributed by atoms with E-state index in [1.807, 2.05) is 13.0 Å². The molecule has 1 atom stereocenters. The summed E-state index contributed by atoms with van der Waals surface area (Å²) in [7, 11) is 0. The number of aryl methyl sites for hydroxylation is 1. The first-order valence-electron chi connectivity index (χ1n) is 5.34. The highest BCUT2D eigenvalue weighted by Crippen LogP contribution is 2.14. The Balaban J connectivity index is 2.53. The summed E-state index contributed by atoms with van der Waals surface area (Å²) in [6.45, 7) is 3.02. The monoisotopic (exact) mass is 230 g/mol. The molecule has 0 aliphatic carbocycles. The van der Waals surface area contributed by atoms with Crippen molar-refractivity contribution in [3.63, 3.8) is 0 Å². The minimum atomic E-state index is -0.366. The summed E-state index contributed by atoms with van der Waals surface area (Å²) in [5.41, 5.74) is 10.0. The third-order valence-corrected chi connectivity index (χ3v) is 2.37. The maximum atomic E-state index is 9.08. The lowest BCUT2D eigenvalue weighted by molar-refractivity contribution is 0.604. The van der Waals surface area contributed by atoms with Crippen molar-refractivity contribution < 1.29 is 0 Å². The maximum Gasteiger partial charge on any atom is 0.123 e. The minimum absolute atomic E-state index is 0.366. The van der Waals surface area contributed by atoms with E-state index in [4.69, 9.17) is 10.8 Å². The van der Waals surface area contributed by atoms with E-state index < -0.39 is 0 Å². The maximum absolute atomic E-state index is 9.08. The van der Waals surface area contributed by atoms with E-state index in [2.05, 4.69) is 26.4 Å². The van der Waals surface area contributed by atoms with Crippen LogP contribution in [0.2, 0.25) is 0 Å². The number of hydrogen-bond donors (Lipinski definition) is 1. The van der Waals surface area contributed by atoms with Crippen molar-refractivity contribution in [2.24, 2.45) is 5.11 Å². The van der Waals surface area contributed by atoms with Crippen LogP contribution >= 0.6 is 0 Å². The standard InChI is InChI=1S/C11H14N6/c1-9-3-6-14-8-10(9)11(7-12)15-4-2-5-16-17-13/h3,6,8,11,15H,2,4-5H2,1H3. The average molecular weight is 230 g/mol. The Labute approximate surface area is 99.9 Å². The molecule has 0 spiro atoms. The lowest BCUT2D eigenvalue weighted by Gasteiger charge is -2.13. The summed E-state index contributed by atoms with van der Waals surface area (Å²) in [6, 6.07) is 3.71. The van der Waals surface area contributed by atoms with Gasteiger partial charge in [0.1, 0.15) is 6.04 Å². The third kappa shape index (κ3) is 4.11. The van der Waals surface area contributed by atoms with Gasteiger partial charge in [0.05, 0.1) is 6.07 Å². The van der Waals surface area contributed by atoms with Gasteiger partial charge >= 0.3 is 0 Å². The van der Waals surface area contributed by atoms with Crippen molar-refractivity contribution in [3.05, 3.63) is 40.0 Å². The number of nitrogens with one attached hydrogen (secondary N) is 1. The highest BCUT2D eigenvalue weighted by Gasteiger charge is 2.11. The van der Waals surface area contributed by atoms with Gasteiger partial charge in [-0.3, -0.25) is 10.3 Å². The first-order chi connectivity index (χ1) is 8.29. The van der Waals surface area contributed by atoms with Crippen LogP contribution in [0.3, 0.4) is 0 Å². The van der Waals surface area contributed by atoms with E-state index >= 15 is 0 Å². The van der Waals surface area contributed by atoms with E-state index in [9.17, 15) is 0 Å². The quantitative estimate of drug-likeness (QED) is 0.351. The molecule has 6 nitrogen and oxygen atoms in total. The lowest BCUT2D eigenvalue weighted by atomic mass is 10.1. The van der Waals surface area contributed by atoms with Crippen LogP contribution in [0, 0.1) is 18.3 Å². The summed E-state index contributed by atoms with van der Waals surface area (Å²) in [5, 5.41) is 15.6. The largest absolute Gasteiger partial charge is 0.298 e. The van der Waals surface area contributed by atoms with Crippen molar-refractivity contribution in [2.45, 2.75) is 19.4 Å². The van der Waals surface area contributed by atoms with Crippen LogP contribution in [0.1, 0.15) is 23.6 Å². The Bertz CT molecular complexity index is 444. The normalized spacial score (nSPS) is 11.3. The predicted molar refractivity (Wildman–Crippen MR) is 64.0 cm³/mol. The van der Waals surface area contributed by atoms with Gasteiger partial charge in [0.25, 0.3) is 0 Å². The molecule has 1 aromatic rings. The summed E-state index contributed by atoms with van der Waals surface area (Å²) in [5.74, 6) is 0.